The van der Waals surface area contributed by atoms with Crippen molar-refractivity contribution in [2.45, 2.75) is 64.9 Å². The van der Waals surface area contributed by atoms with Crippen LogP contribution in [0.3, 0.4) is 0 Å². The Balaban J connectivity index is 1.58. The second-order valence-corrected chi connectivity index (χ2v) is 9.12. The highest BCUT2D eigenvalue weighted by Gasteiger charge is 2.47. The first-order valence-electron chi connectivity index (χ1n) is 8.10. The molecule has 1 amide bonds. The van der Waals surface area contributed by atoms with Crippen molar-refractivity contribution in [3.63, 3.8) is 0 Å². The molecular formula is C16H23N3O4S2. The molecule has 1 fully saturated rings. The molecule has 0 bridgehead atoms. The van der Waals surface area contributed by atoms with Gasteiger partial charge in [0.15, 0.2) is 12.6 Å². The highest BCUT2D eigenvalue weighted by molar-refractivity contribution is 8.14. The molecule has 0 radical (unpaired) electrons. The maximum Gasteiger partial charge on any atom is 0.408 e. The fraction of sp³-hybridized carbons (Fsp3) is 0.688. The SMILES string of the molecule is CC1OC(C2(C)CSC(c3csc(CNC(=O)OC(C)(C)C)n3)=N2)O1. The summed E-state index contributed by atoms with van der Waals surface area (Å²) in [5.41, 5.74) is -0.0708. The zero-order valence-corrected chi connectivity index (χ0v) is 16.6. The van der Waals surface area contributed by atoms with Crippen molar-refractivity contribution in [1.29, 1.82) is 0 Å². The molecular weight excluding hydrogens is 362 g/mol. The van der Waals surface area contributed by atoms with E-state index in [4.69, 9.17) is 19.2 Å². The fourth-order valence-corrected chi connectivity index (χ4v) is 4.31. The number of amides is 1. The highest BCUT2D eigenvalue weighted by atomic mass is 32.2. The molecule has 25 heavy (non-hydrogen) atoms. The molecule has 0 saturated carbocycles. The lowest BCUT2D eigenvalue weighted by Crippen LogP contribution is -2.53. The third-order valence-electron chi connectivity index (χ3n) is 3.55. The molecule has 3 rings (SSSR count). The van der Waals surface area contributed by atoms with E-state index in [9.17, 15) is 4.79 Å². The van der Waals surface area contributed by atoms with Gasteiger partial charge >= 0.3 is 6.09 Å². The smallest absolute Gasteiger partial charge is 0.408 e. The molecule has 1 saturated heterocycles. The Morgan fingerprint density at radius 3 is 2.84 bits per heavy atom. The second-order valence-electron chi connectivity index (χ2n) is 7.22. The average molecular weight is 386 g/mol. The number of aliphatic imine (C=N–C) groups is 1. The predicted molar refractivity (Wildman–Crippen MR) is 98.0 cm³/mol. The maximum atomic E-state index is 11.7. The van der Waals surface area contributed by atoms with Gasteiger partial charge in [-0.05, 0) is 34.6 Å². The first-order chi connectivity index (χ1) is 11.6. The minimum absolute atomic E-state index is 0.157. The van der Waals surface area contributed by atoms with Crippen molar-refractivity contribution < 1.29 is 19.0 Å². The van der Waals surface area contributed by atoms with E-state index in [1.807, 2.05) is 40.0 Å². The van der Waals surface area contributed by atoms with E-state index in [1.54, 1.807) is 11.8 Å². The van der Waals surface area contributed by atoms with E-state index in [2.05, 4.69) is 10.3 Å². The van der Waals surface area contributed by atoms with Crippen LogP contribution in [0.25, 0.3) is 0 Å². The summed E-state index contributed by atoms with van der Waals surface area (Å²) >= 11 is 3.14. The van der Waals surface area contributed by atoms with Crippen molar-refractivity contribution in [3.05, 3.63) is 16.1 Å². The number of rotatable bonds is 4. The summed E-state index contributed by atoms with van der Waals surface area (Å²) < 4.78 is 16.4. The number of thioether (sulfide) groups is 1. The number of alkyl carbamates (subject to hydrolysis) is 1. The lowest BCUT2D eigenvalue weighted by molar-refractivity contribution is -0.391. The summed E-state index contributed by atoms with van der Waals surface area (Å²) in [5, 5.41) is 6.36. The molecule has 1 unspecified atom stereocenters. The standard InChI is InChI=1S/C16H23N3O4S2/c1-9-21-13(22-9)16(5)8-25-12(19-16)10-7-24-11(18-10)6-17-14(20)23-15(2,3)4/h7,9,13H,6,8H2,1-5H3,(H,17,20). The van der Waals surface area contributed by atoms with Crippen LogP contribution in [-0.4, -0.2) is 45.6 Å². The third-order valence-corrected chi connectivity index (χ3v) is 5.70. The van der Waals surface area contributed by atoms with Gasteiger partial charge in [-0.25, -0.2) is 9.78 Å². The molecule has 7 nitrogen and oxygen atoms in total. The zero-order valence-electron chi connectivity index (χ0n) is 15.0. The minimum atomic E-state index is -0.513. The number of carbonyl (C=O) groups is 1. The largest absolute Gasteiger partial charge is 0.444 e. The maximum absolute atomic E-state index is 11.7. The van der Waals surface area contributed by atoms with Crippen LogP contribution in [0.4, 0.5) is 4.79 Å². The van der Waals surface area contributed by atoms with Gasteiger partial charge in [-0.2, -0.15) is 0 Å². The number of carbonyl (C=O) groups excluding carboxylic acids is 1. The summed E-state index contributed by atoms with van der Waals surface area (Å²) in [4.78, 5) is 21.0. The molecule has 2 aliphatic rings. The van der Waals surface area contributed by atoms with E-state index < -0.39 is 11.7 Å². The lowest BCUT2D eigenvalue weighted by atomic mass is 10.1. The van der Waals surface area contributed by atoms with Gasteiger partial charge in [0.05, 0.1) is 6.54 Å². The Labute approximate surface area is 155 Å². The van der Waals surface area contributed by atoms with Gasteiger partial charge in [-0.3, -0.25) is 4.99 Å². The molecule has 9 heteroatoms. The molecule has 0 spiro atoms. The van der Waals surface area contributed by atoms with E-state index in [-0.39, 0.29) is 18.1 Å². The minimum Gasteiger partial charge on any atom is -0.444 e. The lowest BCUT2D eigenvalue weighted by Gasteiger charge is -2.41. The molecule has 1 aromatic rings. The molecule has 3 heterocycles. The predicted octanol–water partition coefficient (Wildman–Crippen LogP) is 3.14. The molecule has 2 aliphatic heterocycles. The quantitative estimate of drug-likeness (QED) is 0.857. The topological polar surface area (TPSA) is 82.0 Å². The van der Waals surface area contributed by atoms with Crippen LogP contribution >= 0.6 is 23.1 Å². The van der Waals surface area contributed by atoms with Gasteiger partial charge in [0, 0.05) is 11.1 Å². The number of ether oxygens (including phenoxy) is 3. The molecule has 1 N–H and O–H groups in total. The van der Waals surface area contributed by atoms with E-state index in [0.717, 1.165) is 21.5 Å². The number of aromatic nitrogens is 1. The normalized spacial score (nSPS) is 29.1. The van der Waals surface area contributed by atoms with Crippen LogP contribution < -0.4 is 5.32 Å². The van der Waals surface area contributed by atoms with Crippen LogP contribution in [0, 0.1) is 0 Å². The monoisotopic (exact) mass is 385 g/mol. The van der Waals surface area contributed by atoms with Crippen LogP contribution in [-0.2, 0) is 20.8 Å². The Bertz CT molecular complexity index is 679. The van der Waals surface area contributed by atoms with Crippen LogP contribution in [0.5, 0.6) is 0 Å². The van der Waals surface area contributed by atoms with Crippen molar-refractivity contribution in [2.75, 3.05) is 5.75 Å². The summed E-state index contributed by atoms with van der Waals surface area (Å²) in [6.07, 6.45) is -0.895. The van der Waals surface area contributed by atoms with Crippen molar-refractivity contribution >= 4 is 34.2 Å². The molecule has 1 atom stereocenters. The van der Waals surface area contributed by atoms with Gasteiger partial charge in [-0.15, -0.1) is 23.1 Å². The number of thiazole rings is 1. The van der Waals surface area contributed by atoms with Gasteiger partial charge in [0.1, 0.15) is 26.9 Å². The van der Waals surface area contributed by atoms with Crippen LogP contribution in [0.1, 0.15) is 45.3 Å². The number of hydrogen-bond donors (Lipinski definition) is 1. The first kappa shape index (κ1) is 18.6. The van der Waals surface area contributed by atoms with E-state index in [0.29, 0.717) is 6.54 Å². The third kappa shape index (κ3) is 4.52. The molecule has 0 aromatic carbocycles. The molecule has 0 aliphatic carbocycles. The second kappa shape index (κ2) is 6.86. The number of nitrogens with zero attached hydrogens (tertiary/aromatic N) is 2. The summed E-state index contributed by atoms with van der Waals surface area (Å²) in [6.45, 7) is 9.73. The van der Waals surface area contributed by atoms with Crippen molar-refractivity contribution in [2.24, 2.45) is 4.99 Å². The average Bonchev–Trinajstić information content (AvgIpc) is 3.07. The summed E-state index contributed by atoms with van der Waals surface area (Å²) in [6, 6.07) is 0. The Kier molecular flexibility index (Phi) is 5.11. The number of nitrogens with one attached hydrogen (secondary N) is 1. The van der Waals surface area contributed by atoms with Gasteiger partial charge in [0.2, 0.25) is 0 Å². The van der Waals surface area contributed by atoms with Crippen LogP contribution in [0.15, 0.2) is 10.4 Å². The van der Waals surface area contributed by atoms with Crippen molar-refractivity contribution in [3.8, 4) is 0 Å². The molecule has 138 valence electrons. The fourth-order valence-electron chi connectivity index (χ4n) is 2.37. The van der Waals surface area contributed by atoms with E-state index in [1.165, 1.54) is 11.3 Å². The molecule has 1 aromatic heterocycles. The van der Waals surface area contributed by atoms with Gasteiger partial charge in [-0.1, -0.05) is 0 Å². The zero-order chi connectivity index (χ0) is 18.2. The van der Waals surface area contributed by atoms with Crippen molar-refractivity contribution in [1.82, 2.24) is 10.3 Å². The Morgan fingerprint density at radius 2 is 2.20 bits per heavy atom. The van der Waals surface area contributed by atoms with E-state index >= 15 is 0 Å². The summed E-state index contributed by atoms with van der Waals surface area (Å²) in [5.74, 6) is 0.794. The summed E-state index contributed by atoms with van der Waals surface area (Å²) in [7, 11) is 0. The number of hydrogen-bond acceptors (Lipinski definition) is 8. The van der Waals surface area contributed by atoms with Crippen LogP contribution in [0.2, 0.25) is 0 Å². The van der Waals surface area contributed by atoms with Gasteiger partial charge < -0.3 is 19.5 Å². The Hall–Kier alpha value is -1.16. The Morgan fingerprint density at radius 1 is 1.48 bits per heavy atom. The highest BCUT2D eigenvalue weighted by Crippen LogP contribution is 2.39. The first-order valence-corrected chi connectivity index (χ1v) is 9.96. The van der Waals surface area contributed by atoms with Gasteiger partial charge in [0.25, 0.3) is 0 Å².